The van der Waals surface area contributed by atoms with E-state index in [0.29, 0.717) is 12.2 Å². The molecule has 0 aliphatic rings. The van der Waals surface area contributed by atoms with Crippen LogP contribution < -0.4 is 9.62 Å². The second-order valence-corrected chi connectivity index (χ2v) is 12.1. The van der Waals surface area contributed by atoms with Crippen molar-refractivity contribution < 1.29 is 18.0 Å². The molecule has 202 valence electrons. The Morgan fingerprint density at radius 2 is 1.58 bits per heavy atom. The van der Waals surface area contributed by atoms with E-state index in [1.807, 2.05) is 81.4 Å². The van der Waals surface area contributed by atoms with Crippen LogP contribution in [0.25, 0.3) is 0 Å². The summed E-state index contributed by atoms with van der Waals surface area (Å²) in [5.41, 5.74) is 4.06. The summed E-state index contributed by atoms with van der Waals surface area (Å²) < 4.78 is 27.7. The zero-order valence-electron chi connectivity index (χ0n) is 22.1. The highest BCUT2D eigenvalue weighted by Crippen LogP contribution is 2.23. The van der Waals surface area contributed by atoms with Gasteiger partial charge in [0, 0.05) is 24.0 Å². The van der Waals surface area contributed by atoms with Crippen LogP contribution in [0.4, 0.5) is 5.69 Å². The lowest BCUT2D eigenvalue weighted by molar-refractivity contribution is -0.140. The number of rotatable bonds is 11. The van der Waals surface area contributed by atoms with E-state index in [4.69, 9.17) is 0 Å². The minimum Gasteiger partial charge on any atom is -0.355 e. The van der Waals surface area contributed by atoms with E-state index < -0.39 is 28.5 Å². The lowest BCUT2D eigenvalue weighted by Crippen LogP contribution is -2.53. The first-order valence-corrected chi connectivity index (χ1v) is 15.0. The highest BCUT2D eigenvalue weighted by atomic mass is 79.9. The van der Waals surface area contributed by atoms with Gasteiger partial charge in [0.25, 0.3) is 0 Å². The number of nitrogens with one attached hydrogen (secondary N) is 1. The molecule has 3 aromatic rings. The number of nitrogens with zero attached hydrogens (tertiary/aromatic N) is 2. The van der Waals surface area contributed by atoms with Crippen molar-refractivity contribution in [3.63, 3.8) is 0 Å². The summed E-state index contributed by atoms with van der Waals surface area (Å²) >= 11 is 3.43. The fourth-order valence-corrected chi connectivity index (χ4v) is 5.23. The van der Waals surface area contributed by atoms with Crippen LogP contribution in [0.1, 0.15) is 29.2 Å². The van der Waals surface area contributed by atoms with E-state index in [9.17, 15) is 18.0 Å². The Labute approximate surface area is 234 Å². The molecule has 0 heterocycles. The fourth-order valence-electron chi connectivity index (χ4n) is 4.13. The van der Waals surface area contributed by atoms with Gasteiger partial charge in [0.1, 0.15) is 12.6 Å². The van der Waals surface area contributed by atoms with Gasteiger partial charge in [0.05, 0.1) is 11.9 Å². The molecule has 0 aromatic heterocycles. The Hall–Kier alpha value is -3.17. The average Bonchev–Trinajstić information content (AvgIpc) is 2.87. The van der Waals surface area contributed by atoms with Crippen LogP contribution in [-0.4, -0.2) is 50.5 Å². The molecule has 1 N–H and O–H groups in total. The Kier molecular flexibility index (Phi) is 10.1. The van der Waals surface area contributed by atoms with E-state index in [0.717, 1.165) is 37.3 Å². The standard InChI is InChI=1S/C29H34BrN3O4S/c1-5-31-29(35)27(18-23-9-7-6-8-10-23)32(19-24-12-14-25(30)15-13-24)28(34)20-33(38(4,36)37)26-16-11-21(2)22(3)17-26/h6-17,27H,5,18-20H2,1-4H3,(H,31,35)/t27-/m1/s1. The Morgan fingerprint density at radius 3 is 2.16 bits per heavy atom. The molecule has 0 unspecified atom stereocenters. The molecule has 3 rings (SSSR count). The number of aryl methyl sites for hydroxylation is 2. The molecule has 0 saturated heterocycles. The van der Waals surface area contributed by atoms with Crippen molar-refractivity contribution in [1.29, 1.82) is 0 Å². The van der Waals surface area contributed by atoms with Crippen LogP contribution in [0.3, 0.4) is 0 Å². The zero-order valence-corrected chi connectivity index (χ0v) is 24.6. The number of hydrogen-bond donors (Lipinski definition) is 1. The first kappa shape index (κ1) is 29.4. The van der Waals surface area contributed by atoms with E-state index in [2.05, 4.69) is 21.2 Å². The molecule has 0 bridgehead atoms. The maximum atomic E-state index is 14.0. The van der Waals surface area contributed by atoms with Gasteiger partial charge in [-0.2, -0.15) is 0 Å². The SMILES string of the molecule is CCNC(=O)[C@@H](Cc1ccccc1)N(Cc1ccc(Br)cc1)C(=O)CN(c1ccc(C)c(C)c1)S(C)(=O)=O. The van der Waals surface area contributed by atoms with Crippen molar-refractivity contribution in [3.05, 3.63) is 99.5 Å². The fraction of sp³-hybridized carbons (Fsp3) is 0.310. The van der Waals surface area contributed by atoms with E-state index in [-0.39, 0.29) is 18.9 Å². The Bertz CT molecular complexity index is 1360. The van der Waals surface area contributed by atoms with Gasteiger partial charge in [-0.3, -0.25) is 13.9 Å². The van der Waals surface area contributed by atoms with Gasteiger partial charge in [-0.25, -0.2) is 8.42 Å². The molecule has 9 heteroatoms. The number of anilines is 1. The number of carbonyl (C=O) groups excluding carboxylic acids is 2. The van der Waals surface area contributed by atoms with Crippen molar-refractivity contribution in [2.45, 2.75) is 39.8 Å². The van der Waals surface area contributed by atoms with Crippen molar-refractivity contribution in [2.24, 2.45) is 0 Å². The highest BCUT2D eigenvalue weighted by Gasteiger charge is 2.32. The van der Waals surface area contributed by atoms with Crippen LogP contribution in [0.2, 0.25) is 0 Å². The monoisotopic (exact) mass is 599 g/mol. The third-order valence-corrected chi connectivity index (χ3v) is 8.02. The minimum atomic E-state index is -3.79. The summed E-state index contributed by atoms with van der Waals surface area (Å²) in [4.78, 5) is 28.8. The number of carbonyl (C=O) groups is 2. The summed E-state index contributed by atoms with van der Waals surface area (Å²) in [6, 6.07) is 21.4. The van der Waals surface area contributed by atoms with Crippen molar-refractivity contribution >= 4 is 43.5 Å². The van der Waals surface area contributed by atoms with Crippen LogP contribution in [0.15, 0.2) is 77.3 Å². The van der Waals surface area contributed by atoms with Crippen LogP contribution in [0.5, 0.6) is 0 Å². The topological polar surface area (TPSA) is 86.8 Å². The molecule has 2 amide bonds. The number of hydrogen-bond acceptors (Lipinski definition) is 4. The molecule has 0 aliphatic heterocycles. The van der Waals surface area contributed by atoms with Gasteiger partial charge in [-0.15, -0.1) is 0 Å². The largest absolute Gasteiger partial charge is 0.355 e. The first-order chi connectivity index (χ1) is 18.0. The van der Waals surface area contributed by atoms with Gasteiger partial charge < -0.3 is 10.2 Å². The lowest BCUT2D eigenvalue weighted by Gasteiger charge is -2.33. The predicted octanol–water partition coefficient (Wildman–Crippen LogP) is 4.61. The van der Waals surface area contributed by atoms with Crippen LogP contribution >= 0.6 is 15.9 Å². The molecule has 38 heavy (non-hydrogen) atoms. The maximum absolute atomic E-state index is 14.0. The van der Waals surface area contributed by atoms with E-state index >= 15 is 0 Å². The van der Waals surface area contributed by atoms with Gasteiger partial charge in [0.15, 0.2) is 0 Å². The van der Waals surface area contributed by atoms with Gasteiger partial charge in [-0.05, 0) is 67.3 Å². The van der Waals surface area contributed by atoms with E-state index in [1.54, 1.807) is 12.1 Å². The molecule has 0 aliphatic carbocycles. The first-order valence-electron chi connectivity index (χ1n) is 12.4. The molecule has 3 aromatic carbocycles. The summed E-state index contributed by atoms with van der Waals surface area (Å²) in [6.07, 6.45) is 1.37. The molecule has 0 saturated carbocycles. The quantitative estimate of drug-likeness (QED) is 0.349. The lowest BCUT2D eigenvalue weighted by atomic mass is 10.0. The molecule has 1 atom stereocenters. The van der Waals surface area contributed by atoms with Gasteiger partial charge in [-0.1, -0.05) is 64.5 Å². The minimum absolute atomic E-state index is 0.144. The van der Waals surface area contributed by atoms with Crippen molar-refractivity contribution in [1.82, 2.24) is 10.2 Å². The van der Waals surface area contributed by atoms with Gasteiger partial charge >= 0.3 is 0 Å². The van der Waals surface area contributed by atoms with Crippen molar-refractivity contribution in [2.75, 3.05) is 23.7 Å². The Balaban J connectivity index is 2.04. The third kappa shape index (κ3) is 7.91. The predicted molar refractivity (Wildman–Crippen MR) is 155 cm³/mol. The Morgan fingerprint density at radius 1 is 0.921 bits per heavy atom. The van der Waals surface area contributed by atoms with E-state index in [1.165, 1.54) is 4.90 Å². The smallest absolute Gasteiger partial charge is 0.244 e. The molecular weight excluding hydrogens is 566 g/mol. The van der Waals surface area contributed by atoms with Crippen LogP contribution in [0, 0.1) is 13.8 Å². The summed E-state index contributed by atoms with van der Waals surface area (Å²) in [7, 11) is -3.79. The second kappa shape index (κ2) is 13.1. The number of amides is 2. The molecule has 0 radical (unpaired) electrons. The second-order valence-electron chi connectivity index (χ2n) is 9.29. The van der Waals surface area contributed by atoms with Gasteiger partial charge in [0.2, 0.25) is 21.8 Å². The summed E-state index contributed by atoms with van der Waals surface area (Å²) in [5, 5.41) is 2.85. The zero-order chi connectivity index (χ0) is 27.9. The molecular formula is C29H34BrN3O4S. The summed E-state index contributed by atoms with van der Waals surface area (Å²) in [6.45, 7) is 5.78. The molecule has 0 spiro atoms. The highest BCUT2D eigenvalue weighted by molar-refractivity contribution is 9.10. The molecule has 7 nitrogen and oxygen atoms in total. The maximum Gasteiger partial charge on any atom is 0.244 e. The molecule has 0 fully saturated rings. The number of halogens is 1. The van der Waals surface area contributed by atoms with Crippen LogP contribution in [-0.2, 0) is 32.6 Å². The normalized spacial score (nSPS) is 12.0. The number of benzene rings is 3. The number of likely N-dealkylation sites (N-methyl/N-ethyl adjacent to an activating group) is 1. The average molecular weight is 601 g/mol. The third-order valence-electron chi connectivity index (χ3n) is 6.35. The number of sulfonamides is 1. The van der Waals surface area contributed by atoms with Crippen molar-refractivity contribution in [3.8, 4) is 0 Å². The summed E-state index contributed by atoms with van der Waals surface area (Å²) in [5.74, 6) is -0.761.